The van der Waals surface area contributed by atoms with E-state index >= 15 is 0 Å². The zero-order chi connectivity index (χ0) is 13.7. The van der Waals surface area contributed by atoms with E-state index in [0.717, 1.165) is 36.2 Å². The fourth-order valence-corrected chi connectivity index (χ4v) is 1.91. The maximum Gasteiger partial charge on any atom is 0.0890 e. The first-order valence-corrected chi connectivity index (χ1v) is 6.74. The first kappa shape index (κ1) is 13.9. The summed E-state index contributed by atoms with van der Waals surface area (Å²) in [4.78, 5) is 11.2. The Bertz CT molecular complexity index is 524. The Morgan fingerprint density at radius 2 is 1.95 bits per heavy atom. The molecule has 4 nitrogen and oxygen atoms in total. The summed E-state index contributed by atoms with van der Waals surface area (Å²) in [5.41, 5.74) is 2.91. The third kappa shape index (κ3) is 4.26. The van der Waals surface area contributed by atoms with Crippen molar-refractivity contribution in [3.05, 3.63) is 36.2 Å². The number of hydrogen-bond acceptors (Lipinski definition) is 4. The van der Waals surface area contributed by atoms with Crippen molar-refractivity contribution in [3.8, 4) is 0 Å². The second-order valence-corrected chi connectivity index (χ2v) is 5.22. The average Bonchev–Trinajstić information content (AvgIpc) is 2.42. The molecule has 102 valence electrons. The highest BCUT2D eigenvalue weighted by Crippen LogP contribution is 2.08. The predicted octanol–water partition coefficient (Wildman–Crippen LogP) is 2.06. The van der Waals surface area contributed by atoms with Gasteiger partial charge in [0.2, 0.25) is 0 Å². The Kier molecular flexibility index (Phi) is 4.82. The van der Waals surface area contributed by atoms with Gasteiger partial charge in [-0.1, -0.05) is 12.1 Å². The standard InChI is InChI=1S/C15H22N4/c1-12(8-9-19(2)3)16-10-13-11-17-14-6-4-5-7-15(14)18-13/h4-7,11-12,16H,8-10H2,1-3H3. The molecule has 0 aliphatic heterocycles. The van der Waals surface area contributed by atoms with Gasteiger partial charge >= 0.3 is 0 Å². The van der Waals surface area contributed by atoms with Crippen LogP contribution in [0.2, 0.25) is 0 Å². The van der Waals surface area contributed by atoms with Gasteiger partial charge in [0.15, 0.2) is 0 Å². The van der Waals surface area contributed by atoms with E-state index in [4.69, 9.17) is 0 Å². The summed E-state index contributed by atoms with van der Waals surface area (Å²) in [6.45, 7) is 4.07. The van der Waals surface area contributed by atoms with E-state index < -0.39 is 0 Å². The van der Waals surface area contributed by atoms with Gasteiger partial charge in [0.05, 0.1) is 22.9 Å². The van der Waals surface area contributed by atoms with Crippen molar-refractivity contribution in [2.45, 2.75) is 25.9 Å². The molecule has 0 amide bonds. The number of benzene rings is 1. The molecule has 1 unspecified atom stereocenters. The number of rotatable bonds is 6. The lowest BCUT2D eigenvalue weighted by atomic mass is 10.2. The zero-order valence-corrected chi connectivity index (χ0v) is 11.9. The minimum Gasteiger partial charge on any atom is -0.309 e. The Morgan fingerprint density at radius 3 is 2.68 bits per heavy atom. The van der Waals surface area contributed by atoms with Gasteiger partial charge in [0.25, 0.3) is 0 Å². The molecule has 1 aromatic carbocycles. The minimum atomic E-state index is 0.482. The molecule has 0 saturated heterocycles. The average molecular weight is 258 g/mol. The summed E-state index contributed by atoms with van der Waals surface area (Å²) in [7, 11) is 4.20. The van der Waals surface area contributed by atoms with E-state index in [9.17, 15) is 0 Å². The Balaban J connectivity index is 1.90. The molecule has 1 heterocycles. The van der Waals surface area contributed by atoms with Crippen molar-refractivity contribution in [3.63, 3.8) is 0 Å². The van der Waals surface area contributed by atoms with Crippen LogP contribution in [-0.2, 0) is 6.54 Å². The molecular weight excluding hydrogens is 236 g/mol. The summed E-state index contributed by atoms with van der Waals surface area (Å²) in [5, 5.41) is 3.49. The van der Waals surface area contributed by atoms with E-state index in [2.05, 4.69) is 41.2 Å². The third-order valence-electron chi connectivity index (χ3n) is 3.14. The molecule has 0 aliphatic rings. The second-order valence-electron chi connectivity index (χ2n) is 5.22. The van der Waals surface area contributed by atoms with Gasteiger partial charge in [-0.15, -0.1) is 0 Å². The normalized spacial score (nSPS) is 13.1. The molecule has 19 heavy (non-hydrogen) atoms. The van der Waals surface area contributed by atoms with Crippen molar-refractivity contribution in [2.75, 3.05) is 20.6 Å². The van der Waals surface area contributed by atoms with Crippen LogP contribution in [0.1, 0.15) is 19.0 Å². The van der Waals surface area contributed by atoms with Gasteiger partial charge in [-0.05, 0) is 46.1 Å². The molecule has 4 heteroatoms. The smallest absolute Gasteiger partial charge is 0.0890 e. The van der Waals surface area contributed by atoms with Crippen LogP contribution >= 0.6 is 0 Å². The highest BCUT2D eigenvalue weighted by atomic mass is 15.1. The van der Waals surface area contributed by atoms with Gasteiger partial charge in [0, 0.05) is 12.6 Å². The maximum absolute atomic E-state index is 4.61. The van der Waals surface area contributed by atoms with E-state index in [0.29, 0.717) is 6.04 Å². The summed E-state index contributed by atoms with van der Waals surface area (Å²) in [6.07, 6.45) is 2.99. The fourth-order valence-electron chi connectivity index (χ4n) is 1.91. The third-order valence-corrected chi connectivity index (χ3v) is 3.14. The van der Waals surface area contributed by atoms with Crippen molar-refractivity contribution in [2.24, 2.45) is 0 Å². The molecule has 2 aromatic rings. The summed E-state index contributed by atoms with van der Waals surface area (Å²) in [5.74, 6) is 0. The van der Waals surface area contributed by atoms with E-state index in [1.54, 1.807) is 0 Å². The second kappa shape index (κ2) is 6.59. The van der Waals surface area contributed by atoms with Crippen LogP contribution in [-0.4, -0.2) is 41.5 Å². The number of para-hydroxylation sites is 2. The quantitative estimate of drug-likeness (QED) is 0.861. The SMILES string of the molecule is CC(CCN(C)C)NCc1cnc2ccccc2n1. The molecule has 0 radical (unpaired) electrons. The van der Waals surface area contributed by atoms with Gasteiger partial charge in [-0.2, -0.15) is 0 Å². The largest absolute Gasteiger partial charge is 0.309 e. The van der Waals surface area contributed by atoms with Crippen molar-refractivity contribution in [1.29, 1.82) is 0 Å². The van der Waals surface area contributed by atoms with Gasteiger partial charge in [-0.3, -0.25) is 4.98 Å². The molecule has 0 aliphatic carbocycles. The lowest BCUT2D eigenvalue weighted by Gasteiger charge is -2.16. The zero-order valence-electron chi connectivity index (χ0n) is 11.9. The molecule has 1 N–H and O–H groups in total. The van der Waals surface area contributed by atoms with Crippen LogP contribution in [0.4, 0.5) is 0 Å². The number of fused-ring (bicyclic) bond motifs is 1. The lowest BCUT2D eigenvalue weighted by Crippen LogP contribution is -2.29. The molecule has 0 bridgehead atoms. The highest BCUT2D eigenvalue weighted by molar-refractivity contribution is 5.73. The van der Waals surface area contributed by atoms with Gasteiger partial charge in [-0.25, -0.2) is 4.98 Å². The van der Waals surface area contributed by atoms with Crippen LogP contribution in [0.3, 0.4) is 0 Å². The predicted molar refractivity (Wildman–Crippen MR) is 79.0 cm³/mol. The van der Waals surface area contributed by atoms with Crippen LogP contribution in [0, 0.1) is 0 Å². The van der Waals surface area contributed by atoms with E-state index in [1.165, 1.54) is 0 Å². The summed E-state index contributed by atoms with van der Waals surface area (Å²) in [6, 6.07) is 8.45. The first-order valence-electron chi connectivity index (χ1n) is 6.74. The molecule has 1 aromatic heterocycles. The molecule has 2 rings (SSSR count). The maximum atomic E-state index is 4.61. The van der Waals surface area contributed by atoms with Crippen molar-refractivity contribution >= 4 is 11.0 Å². The number of nitrogens with one attached hydrogen (secondary N) is 1. The molecule has 0 spiro atoms. The number of hydrogen-bond donors (Lipinski definition) is 1. The van der Waals surface area contributed by atoms with Gasteiger partial charge < -0.3 is 10.2 Å². The minimum absolute atomic E-state index is 0.482. The van der Waals surface area contributed by atoms with Crippen molar-refractivity contribution in [1.82, 2.24) is 20.2 Å². The summed E-state index contributed by atoms with van der Waals surface area (Å²) >= 11 is 0. The van der Waals surface area contributed by atoms with E-state index in [1.807, 2.05) is 30.5 Å². The topological polar surface area (TPSA) is 41.0 Å². The molecular formula is C15H22N4. The number of nitrogens with zero attached hydrogens (tertiary/aromatic N) is 3. The van der Waals surface area contributed by atoms with Crippen LogP contribution in [0.25, 0.3) is 11.0 Å². The fraction of sp³-hybridized carbons (Fsp3) is 0.467. The van der Waals surface area contributed by atoms with Crippen molar-refractivity contribution < 1.29 is 0 Å². The Morgan fingerprint density at radius 1 is 1.21 bits per heavy atom. The number of aromatic nitrogens is 2. The van der Waals surface area contributed by atoms with Crippen LogP contribution in [0.15, 0.2) is 30.5 Å². The van der Waals surface area contributed by atoms with Gasteiger partial charge in [0.1, 0.15) is 0 Å². The summed E-state index contributed by atoms with van der Waals surface area (Å²) < 4.78 is 0. The van der Waals surface area contributed by atoms with Crippen LogP contribution < -0.4 is 5.32 Å². The first-order chi connectivity index (χ1) is 9.15. The molecule has 1 atom stereocenters. The van der Waals surface area contributed by atoms with E-state index in [-0.39, 0.29) is 0 Å². The lowest BCUT2D eigenvalue weighted by molar-refractivity contribution is 0.365. The Labute approximate surface area is 114 Å². The monoisotopic (exact) mass is 258 g/mol. The molecule has 0 fully saturated rings. The highest BCUT2D eigenvalue weighted by Gasteiger charge is 2.04. The Hall–Kier alpha value is -1.52. The van der Waals surface area contributed by atoms with Crippen LogP contribution in [0.5, 0.6) is 0 Å². The molecule has 0 saturated carbocycles.